The lowest BCUT2D eigenvalue weighted by Crippen LogP contribution is -2.37. The second-order valence-electron chi connectivity index (χ2n) is 5.49. The minimum absolute atomic E-state index is 0.425. The fraction of sp³-hybridized carbons (Fsp3) is 0.625. The van der Waals surface area contributed by atoms with E-state index in [1.807, 2.05) is 19.1 Å². The molecule has 0 amide bonds. The molecule has 0 radical (unpaired) electrons. The van der Waals surface area contributed by atoms with Gasteiger partial charge in [0.2, 0.25) is 0 Å². The van der Waals surface area contributed by atoms with E-state index in [2.05, 4.69) is 45.6 Å². The maximum Gasteiger partial charge on any atom is 0.0782 e. The molecule has 0 bridgehead atoms. The molecule has 1 saturated heterocycles. The third-order valence-electron chi connectivity index (χ3n) is 4.28. The van der Waals surface area contributed by atoms with Crippen LogP contribution in [0.1, 0.15) is 38.9 Å². The first-order chi connectivity index (χ1) is 9.56. The molecule has 1 aliphatic heterocycles. The molecule has 4 heteroatoms. The van der Waals surface area contributed by atoms with E-state index in [9.17, 15) is 5.11 Å². The smallest absolute Gasteiger partial charge is 0.0782 e. The summed E-state index contributed by atoms with van der Waals surface area (Å²) in [6, 6.07) is 6.79. The van der Waals surface area contributed by atoms with Gasteiger partial charge in [0.05, 0.1) is 6.10 Å². The molecule has 112 valence electrons. The van der Waals surface area contributed by atoms with Crippen LogP contribution in [0.15, 0.2) is 22.7 Å². The van der Waals surface area contributed by atoms with Crippen LogP contribution in [-0.4, -0.2) is 42.2 Å². The van der Waals surface area contributed by atoms with Crippen molar-refractivity contribution in [2.24, 2.45) is 0 Å². The zero-order valence-electron chi connectivity index (χ0n) is 12.6. The van der Waals surface area contributed by atoms with Gasteiger partial charge in [0, 0.05) is 34.9 Å². The number of nitrogens with zero attached hydrogens (tertiary/aromatic N) is 2. The molecule has 1 heterocycles. The molecule has 2 unspecified atom stereocenters. The Labute approximate surface area is 130 Å². The van der Waals surface area contributed by atoms with Crippen LogP contribution in [0.4, 0.5) is 5.69 Å². The second kappa shape index (κ2) is 6.92. The van der Waals surface area contributed by atoms with Gasteiger partial charge in [0.15, 0.2) is 0 Å². The lowest BCUT2D eigenvalue weighted by atomic mass is 10.1. The highest BCUT2D eigenvalue weighted by Gasteiger charge is 2.28. The average molecular weight is 341 g/mol. The van der Waals surface area contributed by atoms with Crippen LogP contribution in [0.25, 0.3) is 0 Å². The van der Waals surface area contributed by atoms with E-state index < -0.39 is 6.10 Å². The molecule has 1 aromatic rings. The highest BCUT2D eigenvalue weighted by Crippen LogP contribution is 2.32. The van der Waals surface area contributed by atoms with Crippen molar-refractivity contribution < 1.29 is 5.11 Å². The van der Waals surface area contributed by atoms with Crippen molar-refractivity contribution in [2.45, 2.75) is 39.3 Å². The average Bonchev–Trinajstić information content (AvgIpc) is 2.89. The van der Waals surface area contributed by atoms with Crippen LogP contribution in [0.2, 0.25) is 0 Å². The standard InChI is InChI=1S/C16H25BrN2O/c1-4-18(5-2)14-8-9-19(11-14)16-10-13(17)6-7-15(16)12(3)20/h6-7,10,12,14,20H,4-5,8-9,11H2,1-3H3. The minimum Gasteiger partial charge on any atom is -0.389 e. The number of likely N-dealkylation sites (N-methyl/N-ethyl adjacent to an activating group) is 1. The highest BCUT2D eigenvalue weighted by atomic mass is 79.9. The zero-order valence-corrected chi connectivity index (χ0v) is 14.2. The van der Waals surface area contributed by atoms with Crippen molar-refractivity contribution in [3.8, 4) is 0 Å². The minimum atomic E-state index is -0.425. The number of aliphatic hydroxyl groups is 1. The molecule has 1 aromatic carbocycles. The maximum absolute atomic E-state index is 9.97. The molecule has 0 spiro atoms. The van der Waals surface area contributed by atoms with Crippen molar-refractivity contribution in [3.63, 3.8) is 0 Å². The van der Waals surface area contributed by atoms with Gasteiger partial charge in [0.25, 0.3) is 0 Å². The number of aliphatic hydroxyl groups excluding tert-OH is 1. The Bertz CT molecular complexity index is 446. The van der Waals surface area contributed by atoms with Gasteiger partial charge in [-0.2, -0.15) is 0 Å². The highest BCUT2D eigenvalue weighted by molar-refractivity contribution is 9.10. The van der Waals surface area contributed by atoms with E-state index in [0.29, 0.717) is 6.04 Å². The van der Waals surface area contributed by atoms with E-state index in [-0.39, 0.29) is 0 Å². The SMILES string of the molecule is CCN(CC)C1CCN(c2cc(Br)ccc2C(C)O)C1. The molecule has 0 aromatic heterocycles. The Hall–Kier alpha value is -0.580. The normalized spacial score (nSPS) is 20.7. The molecule has 20 heavy (non-hydrogen) atoms. The molecule has 1 aliphatic rings. The summed E-state index contributed by atoms with van der Waals surface area (Å²) in [4.78, 5) is 4.94. The molecule has 0 aliphatic carbocycles. The molecule has 2 atom stereocenters. The topological polar surface area (TPSA) is 26.7 Å². The van der Waals surface area contributed by atoms with Crippen molar-refractivity contribution in [1.82, 2.24) is 4.90 Å². The quantitative estimate of drug-likeness (QED) is 0.889. The maximum atomic E-state index is 9.97. The van der Waals surface area contributed by atoms with Gasteiger partial charge in [-0.15, -0.1) is 0 Å². The Balaban J connectivity index is 2.19. The van der Waals surface area contributed by atoms with Gasteiger partial charge in [-0.1, -0.05) is 35.8 Å². The van der Waals surface area contributed by atoms with Crippen molar-refractivity contribution in [2.75, 3.05) is 31.1 Å². The van der Waals surface area contributed by atoms with E-state index in [1.54, 1.807) is 0 Å². The van der Waals surface area contributed by atoms with Gasteiger partial charge in [-0.25, -0.2) is 0 Å². The Kier molecular flexibility index (Phi) is 5.47. The number of halogens is 1. The predicted octanol–water partition coefficient (Wildman–Crippen LogP) is 3.42. The summed E-state index contributed by atoms with van der Waals surface area (Å²) in [5.74, 6) is 0. The van der Waals surface area contributed by atoms with E-state index >= 15 is 0 Å². The monoisotopic (exact) mass is 340 g/mol. The number of rotatable bonds is 5. The first-order valence-corrected chi connectivity index (χ1v) is 8.32. The summed E-state index contributed by atoms with van der Waals surface area (Å²) < 4.78 is 1.07. The summed E-state index contributed by atoms with van der Waals surface area (Å²) in [5.41, 5.74) is 2.19. The molecule has 3 nitrogen and oxygen atoms in total. The predicted molar refractivity (Wildman–Crippen MR) is 88.3 cm³/mol. The Morgan fingerprint density at radius 1 is 1.40 bits per heavy atom. The van der Waals surface area contributed by atoms with E-state index in [1.165, 1.54) is 12.1 Å². The molecule has 1 N–H and O–H groups in total. The van der Waals surface area contributed by atoms with Crippen LogP contribution in [0.3, 0.4) is 0 Å². The van der Waals surface area contributed by atoms with Gasteiger partial charge >= 0.3 is 0 Å². The lowest BCUT2D eigenvalue weighted by molar-refractivity contribution is 0.199. The van der Waals surface area contributed by atoms with Crippen LogP contribution in [-0.2, 0) is 0 Å². The summed E-state index contributed by atoms with van der Waals surface area (Å²) in [5, 5.41) is 9.97. The first-order valence-electron chi connectivity index (χ1n) is 7.53. The summed E-state index contributed by atoms with van der Waals surface area (Å²) in [6.07, 6.45) is 0.776. The van der Waals surface area contributed by atoms with Crippen molar-refractivity contribution >= 4 is 21.6 Å². The fourth-order valence-electron chi connectivity index (χ4n) is 3.14. The molecule has 1 fully saturated rings. The molecule has 0 saturated carbocycles. The van der Waals surface area contributed by atoms with Crippen molar-refractivity contribution in [3.05, 3.63) is 28.2 Å². The van der Waals surface area contributed by atoms with Crippen molar-refractivity contribution in [1.29, 1.82) is 0 Å². The van der Waals surface area contributed by atoms with Crippen LogP contribution < -0.4 is 4.90 Å². The Morgan fingerprint density at radius 2 is 2.10 bits per heavy atom. The van der Waals surface area contributed by atoms with Crippen LogP contribution in [0, 0.1) is 0 Å². The number of hydrogen-bond acceptors (Lipinski definition) is 3. The number of benzene rings is 1. The summed E-state index contributed by atoms with van der Waals surface area (Å²) in [6.45, 7) is 10.6. The fourth-order valence-corrected chi connectivity index (χ4v) is 3.49. The zero-order chi connectivity index (χ0) is 14.7. The van der Waals surface area contributed by atoms with E-state index in [4.69, 9.17) is 0 Å². The van der Waals surface area contributed by atoms with Crippen LogP contribution >= 0.6 is 15.9 Å². The second-order valence-corrected chi connectivity index (χ2v) is 6.40. The van der Waals surface area contributed by atoms with Gasteiger partial charge < -0.3 is 10.0 Å². The molecular weight excluding hydrogens is 316 g/mol. The molecule has 2 rings (SSSR count). The lowest BCUT2D eigenvalue weighted by Gasteiger charge is -2.28. The van der Waals surface area contributed by atoms with Gasteiger partial charge in [-0.05, 0) is 38.6 Å². The number of hydrogen-bond donors (Lipinski definition) is 1. The summed E-state index contributed by atoms with van der Waals surface area (Å²) in [7, 11) is 0. The molecular formula is C16H25BrN2O. The largest absolute Gasteiger partial charge is 0.389 e. The third-order valence-corrected chi connectivity index (χ3v) is 4.77. The number of anilines is 1. The Morgan fingerprint density at radius 3 is 2.70 bits per heavy atom. The van der Waals surface area contributed by atoms with Crippen LogP contribution in [0.5, 0.6) is 0 Å². The summed E-state index contributed by atoms with van der Waals surface area (Å²) >= 11 is 3.55. The third kappa shape index (κ3) is 3.35. The first kappa shape index (κ1) is 15.8. The van der Waals surface area contributed by atoms with E-state index in [0.717, 1.165) is 36.2 Å². The van der Waals surface area contributed by atoms with Gasteiger partial charge in [-0.3, -0.25) is 4.90 Å². The van der Waals surface area contributed by atoms with Gasteiger partial charge in [0.1, 0.15) is 0 Å².